The highest BCUT2D eigenvalue weighted by atomic mass is 35.6. The molecule has 0 aliphatic heterocycles. The lowest BCUT2D eigenvalue weighted by atomic mass is 10.1. The molecule has 1 unspecified atom stereocenters. The molecule has 2 aromatic carbocycles. The predicted molar refractivity (Wildman–Crippen MR) is 108 cm³/mol. The van der Waals surface area contributed by atoms with Gasteiger partial charge in [-0.3, -0.25) is 5.32 Å². The Balaban J connectivity index is 2.11. The van der Waals surface area contributed by atoms with Crippen molar-refractivity contribution in [3.8, 4) is 0 Å². The van der Waals surface area contributed by atoms with Gasteiger partial charge in [0.05, 0.1) is 6.61 Å². The second-order valence-electron chi connectivity index (χ2n) is 4.96. The summed E-state index contributed by atoms with van der Waals surface area (Å²) >= 11 is 23.0. The van der Waals surface area contributed by atoms with Crippen LogP contribution in [0.25, 0.3) is 10.8 Å². The van der Waals surface area contributed by atoms with E-state index in [0.717, 1.165) is 16.5 Å². The van der Waals surface area contributed by atoms with E-state index in [9.17, 15) is 4.79 Å². The Morgan fingerprint density at radius 3 is 2.52 bits per heavy atom. The Kier molecular flexibility index (Phi) is 6.95. The number of hydrogen-bond acceptors (Lipinski definition) is 3. The standard InChI is InChI=1S/C16H16Cl3N3O2S/c1-2-24-15(23)22-13(16(17,18)19)21-14(25)20-12-9-5-7-10-6-3-4-8-11(10)12/h3-9,13H,2H2,1H3,(H,22,23)(H2,20,21,25). The molecule has 9 heteroatoms. The second kappa shape index (κ2) is 8.76. The highest BCUT2D eigenvalue weighted by Crippen LogP contribution is 2.29. The Bertz CT molecular complexity index is 762. The van der Waals surface area contributed by atoms with Crippen molar-refractivity contribution in [1.82, 2.24) is 10.6 Å². The van der Waals surface area contributed by atoms with Crippen LogP contribution in [0.1, 0.15) is 6.92 Å². The third-order valence-corrected chi connectivity index (χ3v) is 4.05. The van der Waals surface area contributed by atoms with E-state index < -0.39 is 16.1 Å². The summed E-state index contributed by atoms with van der Waals surface area (Å²) in [4.78, 5) is 11.6. The molecular weight excluding hydrogens is 405 g/mol. The number of alkyl carbamates (subject to hydrolysis) is 1. The van der Waals surface area contributed by atoms with E-state index in [-0.39, 0.29) is 11.7 Å². The van der Waals surface area contributed by atoms with E-state index in [0.29, 0.717) is 0 Å². The van der Waals surface area contributed by atoms with Gasteiger partial charge in [-0.15, -0.1) is 0 Å². The molecule has 0 radical (unpaired) electrons. The minimum absolute atomic E-state index is 0.185. The largest absolute Gasteiger partial charge is 0.450 e. The highest BCUT2D eigenvalue weighted by molar-refractivity contribution is 7.80. The molecule has 2 rings (SSSR count). The lowest BCUT2D eigenvalue weighted by Crippen LogP contribution is -2.56. The second-order valence-corrected chi connectivity index (χ2v) is 7.74. The number of hydrogen-bond donors (Lipinski definition) is 3. The lowest BCUT2D eigenvalue weighted by Gasteiger charge is -2.27. The van der Waals surface area contributed by atoms with Crippen LogP contribution in [0, 0.1) is 0 Å². The van der Waals surface area contributed by atoms with Crippen molar-refractivity contribution in [2.45, 2.75) is 16.9 Å². The molecule has 5 nitrogen and oxygen atoms in total. The number of benzene rings is 2. The number of fused-ring (bicyclic) bond motifs is 1. The van der Waals surface area contributed by atoms with Crippen molar-refractivity contribution in [2.24, 2.45) is 0 Å². The topological polar surface area (TPSA) is 62.4 Å². The maximum atomic E-state index is 11.6. The molecule has 0 spiro atoms. The van der Waals surface area contributed by atoms with E-state index in [1.807, 2.05) is 42.5 Å². The minimum atomic E-state index is -1.84. The quantitative estimate of drug-likeness (QED) is 0.384. The van der Waals surface area contributed by atoms with Crippen molar-refractivity contribution in [3.05, 3.63) is 42.5 Å². The van der Waals surface area contributed by atoms with Gasteiger partial charge in [0.15, 0.2) is 11.3 Å². The van der Waals surface area contributed by atoms with Gasteiger partial charge in [-0.05, 0) is 30.6 Å². The van der Waals surface area contributed by atoms with Gasteiger partial charge in [0.2, 0.25) is 3.79 Å². The zero-order chi connectivity index (χ0) is 18.4. The average Bonchev–Trinajstić information content (AvgIpc) is 2.54. The Labute approximate surface area is 165 Å². The number of carbonyl (C=O) groups is 1. The number of rotatable bonds is 4. The van der Waals surface area contributed by atoms with Crippen LogP contribution in [0.15, 0.2) is 42.5 Å². The van der Waals surface area contributed by atoms with E-state index in [2.05, 4.69) is 16.0 Å². The summed E-state index contributed by atoms with van der Waals surface area (Å²) < 4.78 is 2.96. The zero-order valence-corrected chi connectivity index (χ0v) is 16.3. The number of ether oxygens (including phenoxy) is 1. The highest BCUT2D eigenvalue weighted by Gasteiger charge is 2.35. The van der Waals surface area contributed by atoms with Crippen LogP contribution in [0.2, 0.25) is 0 Å². The molecule has 0 saturated carbocycles. The van der Waals surface area contributed by atoms with Crippen LogP contribution in [-0.2, 0) is 4.74 Å². The summed E-state index contributed by atoms with van der Waals surface area (Å²) in [5.74, 6) is 0. The van der Waals surface area contributed by atoms with Crippen molar-refractivity contribution >= 4 is 74.7 Å². The fourth-order valence-electron chi connectivity index (χ4n) is 2.11. The van der Waals surface area contributed by atoms with Crippen molar-refractivity contribution in [1.29, 1.82) is 0 Å². The lowest BCUT2D eigenvalue weighted by molar-refractivity contribution is 0.147. The molecule has 1 atom stereocenters. The van der Waals surface area contributed by atoms with Crippen molar-refractivity contribution < 1.29 is 9.53 Å². The van der Waals surface area contributed by atoms with Gasteiger partial charge in [-0.2, -0.15) is 0 Å². The van der Waals surface area contributed by atoms with Gasteiger partial charge in [-0.25, -0.2) is 4.79 Å². The van der Waals surface area contributed by atoms with Crippen molar-refractivity contribution in [3.63, 3.8) is 0 Å². The first kappa shape index (κ1) is 19.8. The summed E-state index contributed by atoms with van der Waals surface area (Å²) in [6, 6.07) is 13.6. The maximum absolute atomic E-state index is 11.6. The third kappa shape index (κ3) is 5.78. The first-order valence-electron chi connectivity index (χ1n) is 7.36. The van der Waals surface area contributed by atoms with Crippen molar-refractivity contribution in [2.75, 3.05) is 11.9 Å². The monoisotopic (exact) mass is 419 g/mol. The molecular formula is C16H16Cl3N3O2S. The first-order chi connectivity index (χ1) is 11.8. The van der Waals surface area contributed by atoms with Crippen LogP contribution in [0.5, 0.6) is 0 Å². The van der Waals surface area contributed by atoms with Gasteiger partial charge in [0.1, 0.15) is 0 Å². The summed E-state index contributed by atoms with van der Waals surface area (Å²) in [6.45, 7) is 1.86. The number of carbonyl (C=O) groups excluding carboxylic acids is 1. The molecule has 0 aromatic heterocycles. The summed E-state index contributed by atoms with van der Waals surface area (Å²) in [5.41, 5.74) is 0.787. The summed E-state index contributed by atoms with van der Waals surface area (Å²) in [7, 11) is 0. The maximum Gasteiger partial charge on any atom is 0.408 e. The fourth-order valence-corrected chi connectivity index (χ4v) is 2.67. The van der Waals surface area contributed by atoms with Gasteiger partial charge in [0, 0.05) is 11.1 Å². The molecule has 0 bridgehead atoms. The number of anilines is 1. The normalized spacial score (nSPS) is 12.3. The van der Waals surface area contributed by atoms with E-state index in [4.69, 9.17) is 51.8 Å². The van der Waals surface area contributed by atoms with Gasteiger partial charge >= 0.3 is 6.09 Å². The number of amides is 1. The number of nitrogens with one attached hydrogen (secondary N) is 3. The molecule has 0 aliphatic carbocycles. The van der Waals surface area contributed by atoms with Crippen LogP contribution in [0.4, 0.5) is 10.5 Å². The smallest absolute Gasteiger partial charge is 0.408 e. The molecule has 1 amide bonds. The summed E-state index contributed by atoms with van der Waals surface area (Å²) in [6.07, 6.45) is -1.80. The van der Waals surface area contributed by atoms with Crippen LogP contribution < -0.4 is 16.0 Å². The molecule has 2 aromatic rings. The van der Waals surface area contributed by atoms with E-state index in [1.165, 1.54) is 0 Å². The molecule has 3 N–H and O–H groups in total. The third-order valence-electron chi connectivity index (χ3n) is 3.18. The van der Waals surface area contributed by atoms with Gasteiger partial charge in [-0.1, -0.05) is 71.2 Å². The first-order valence-corrected chi connectivity index (χ1v) is 8.90. The number of alkyl halides is 3. The summed E-state index contributed by atoms with van der Waals surface area (Å²) in [5, 5.41) is 10.5. The molecule has 134 valence electrons. The van der Waals surface area contributed by atoms with E-state index >= 15 is 0 Å². The van der Waals surface area contributed by atoms with Crippen LogP contribution in [-0.4, -0.2) is 27.8 Å². The van der Waals surface area contributed by atoms with Crippen LogP contribution in [0.3, 0.4) is 0 Å². The van der Waals surface area contributed by atoms with Crippen LogP contribution >= 0.6 is 47.0 Å². The Morgan fingerprint density at radius 2 is 1.84 bits per heavy atom. The number of halogens is 3. The molecule has 25 heavy (non-hydrogen) atoms. The predicted octanol–water partition coefficient (Wildman–Crippen LogP) is 4.57. The SMILES string of the molecule is CCOC(=O)NC(NC(=S)Nc1cccc2ccccc12)C(Cl)(Cl)Cl. The average molecular weight is 421 g/mol. The minimum Gasteiger partial charge on any atom is -0.450 e. The zero-order valence-electron chi connectivity index (χ0n) is 13.2. The molecule has 0 fully saturated rings. The molecule has 0 saturated heterocycles. The van der Waals surface area contributed by atoms with Gasteiger partial charge in [0.25, 0.3) is 0 Å². The van der Waals surface area contributed by atoms with Gasteiger partial charge < -0.3 is 15.4 Å². The Morgan fingerprint density at radius 1 is 1.16 bits per heavy atom. The Hall–Kier alpha value is -1.47. The molecule has 0 heterocycles. The fraction of sp³-hybridized carbons (Fsp3) is 0.250. The molecule has 0 aliphatic rings. The van der Waals surface area contributed by atoms with E-state index in [1.54, 1.807) is 6.92 Å². The number of thiocarbonyl (C=S) groups is 1.